The fourth-order valence-electron chi connectivity index (χ4n) is 4.58. The molecule has 1 amide bonds. The summed E-state index contributed by atoms with van der Waals surface area (Å²) in [4.78, 5) is 14.1. The van der Waals surface area contributed by atoms with Crippen molar-refractivity contribution in [1.29, 1.82) is 0 Å². The number of aliphatic hydroxyl groups is 1. The number of fused-ring (bicyclic) bond motifs is 1. The topological polar surface area (TPSA) is 52.6 Å². The smallest absolute Gasteiger partial charge is 0.224 e. The van der Waals surface area contributed by atoms with Crippen molar-refractivity contribution < 1.29 is 9.90 Å². The molecule has 28 heavy (non-hydrogen) atoms. The molecular weight excluding hydrogens is 348 g/mol. The first-order chi connectivity index (χ1) is 13.7. The Labute approximate surface area is 167 Å². The quantitative estimate of drug-likeness (QED) is 0.828. The average Bonchev–Trinajstić information content (AvgIpc) is 2.89. The number of piperidine rings is 1. The van der Waals surface area contributed by atoms with E-state index in [1.807, 2.05) is 12.1 Å². The zero-order chi connectivity index (χ0) is 19.3. The molecule has 2 aromatic carbocycles. The lowest BCUT2D eigenvalue weighted by molar-refractivity contribution is -0.116. The van der Waals surface area contributed by atoms with Crippen molar-refractivity contribution in [2.45, 2.75) is 44.6 Å². The molecule has 0 bridgehead atoms. The zero-order valence-electron chi connectivity index (χ0n) is 16.4. The van der Waals surface area contributed by atoms with Gasteiger partial charge in [-0.15, -0.1) is 0 Å². The Kier molecular flexibility index (Phi) is 6.08. The van der Waals surface area contributed by atoms with E-state index in [-0.39, 0.29) is 5.91 Å². The summed E-state index contributed by atoms with van der Waals surface area (Å²) in [5.41, 5.74) is 4.41. The van der Waals surface area contributed by atoms with Crippen molar-refractivity contribution in [1.82, 2.24) is 4.90 Å². The van der Waals surface area contributed by atoms with Gasteiger partial charge in [0, 0.05) is 25.2 Å². The largest absolute Gasteiger partial charge is 0.387 e. The van der Waals surface area contributed by atoms with Crippen LogP contribution in [0.25, 0.3) is 0 Å². The van der Waals surface area contributed by atoms with Crippen LogP contribution >= 0.6 is 0 Å². The van der Waals surface area contributed by atoms with Gasteiger partial charge in [-0.3, -0.25) is 4.79 Å². The molecule has 4 heteroatoms. The van der Waals surface area contributed by atoms with E-state index in [0.29, 0.717) is 18.9 Å². The van der Waals surface area contributed by atoms with Crippen molar-refractivity contribution in [3.63, 3.8) is 0 Å². The minimum absolute atomic E-state index is 0.0878. The highest BCUT2D eigenvalue weighted by Gasteiger charge is 2.23. The van der Waals surface area contributed by atoms with Crippen LogP contribution in [0.5, 0.6) is 0 Å². The summed E-state index contributed by atoms with van der Waals surface area (Å²) in [6, 6.07) is 16.7. The SMILES string of the molecule is O=C1CCCc2cc(C(O)CN3CCC[C@@H](Cc4ccccc4)C3)ccc2N1. The Morgan fingerprint density at radius 1 is 1.11 bits per heavy atom. The van der Waals surface area contributed by atoms with Crippen LogP contribution in [0, 0.1) is 5.92 Å². The molecule has 0 spiro atoms. The molecule has 4 rings (SSSR count). The standard InChI is InChI=1S/C24H30N2O2/c27-23(21-11-12-22-20(15-21)9-4-10-24(28)25-22)17-26-13-5-8-19(16-26)14-18-6-2-1-3-7-18/h1-3,6-7,11-12,15,19,23,27H,4-5,8-10,13-14,16-17H2,(H,25,28)/t19-,23?/m0/s1. The Balaban J connectivity index is 1.37. The summed E-state index contributed by atoms with van der Waals surface area (Å²) in [7, 11) is 0. The van der Waals surface area contributed by atoms with E-state index in [1.54, 1.807) is 0 Å². The van der Waals surface area contributed by atoms with Gasteiger partial charge in [0.05, 0.1) is 6.10 Å². The van der Waals surface area contributed by atoms with Gasteiger partial charge < -0.3 is 15.3 Å². The average molecular weight is 379 g/mol. The molecular formula is C24H30N2O2. The first-order valence-corrected chi connectivity index (χ1v) is 10.5. The lowest BCUT2D eigenvalue weighted by atomic mass is 9.91. The molecule has 2 aromatic rings. The summed E-state index contributed by atoms with van der Waals surface area (Å²) in [5, 5.41) is 13.8. The van der Waals surface area contributed by atoms with Crippen LogP contribution in [0.4, 0.5) is 5.69 Å². The first kappa shape index (κ1) is 19.2. The van der Waals surface area contributed by atoms with Gasteiger partial charge in [-0.1, -0.05) is 42.5 Å². The maximum absolute atomic E-state index is 11.7. The van der Waals surface area contributed by atoms with E-state index in [1.165, 1.54) is 18.4 Å². The maximum Gasteiger partial charge on any atom is 0.224 e. The molecule has 4 nitrogen and oxygen atoms in total. The third kappa shape index (κ3) is 4.81. The van der Waals surface area contributed by atoms with Crippen LogP contribution in [-0.4, -0.2) is 35.5 Å². The molecule has 2 aliphatic rings. The predicted octanol–water partition coefficient (Wildman–Crippen LogP) is 3.95. The van der Waals surface area contributed by atoms with Crippen molar-refractivity contribution in [2.24, 2.45) is 5.92 Å². The van der Waals surface area contributed by atoms with Crippen LogP contribution in [0.3, 0.4) is 0 Å². The summed E-state index contributed by atoms with van der Waals surface area (Å²) in [6.07, 6.45) is 5.42. The molecule has 2 aliphatic heterocycles. The number of rotatable bonds is 5. The monoisotopic (exact) mass is 378 g/mol. The van der Waals surface area contributed by atoms with Crippen LogP contribution < -0.4 is 5.32 Å². The summed E-state index contributed by atoms with van der Waals surface area (Å²) in [6.45, 7) is 2.78. The van der Waals surface area contributed by atoms with Gasteiger partial charge in [-0.05, 0) is 67.3 Å². The van der Waals surface area contributed by atoms with Gasteiger partial charge in [-0.25, -0.2) is 0 Å². The second kappa shape index (κ2) is 8.89. The fourth-order valence-corrected chi connectivity index (χ4v) is 4.58. The second-order valence-corrected chi connectivity index (χ2v) is 8.29. The number of carbonyl (C=O) groups excluding carboxylic acids is 1. The number of hydrogen-bond donors (Lipinski definition) is 2. The number of nitrogens with zero attached hydrogens (tertiary/aromatic N) is 1. The van der Waals surface area contributed by atoms with Gasteiger partial charge in [0.25, 0.3) is 0 Å². The van der Waals surface area contributed by atoms with Crippen LogP contribution in [-0.2, 0) is 17.6 Å². The molecule has 0 aliphatic carbocycles. The normalized spacial score (nSPS) is 21.5. The van der Waals surface area contributed by atoms with E-state index in [2.05, 4.69) is 46.6 Å². The van der Waals surface area contributed by atoms with Gasteiger partial charge in [0.1, 0.15) is 0 Å². The first-order valence-electron chi connectivity index (χ1n) is 10.5. The van der Waals surface area contributed by atoms with Crippen molar-refractivity contribution in [3.05, 3.63) is 65.2 Å². The summed E-state index contributed by atoms with van der Waals surface area (Å²) >= 11 is 0. The molecule has 148 valence electrons. The molecule has 1 saturated heterocycles. The number of aliphatic hydroxyl groups excluding tert-OH is 1. The third-order valence-corrected chi connectivity index (χ3v) is 6.04. The van der Waals surface area contributed by atoms with Crippen LogP contribution in [0.2, 0.25) is 0 Å². The van der Waals surface area contributed by atoms with E-state index >= 15 is 0 Å². The number of nitrogens with one attached hydrogen (secondary N) is 1. The molecule has 1 fully saturated rings. The highest BCUT2D eigenvalue weighted by atomic mass is 16.3. The lowest BCUT2D eigenvalue weighted by Crippen LogP contribution is -2.38. The van der Waals surface area contributed by atoms with Crippen LogP contribution in [0.15, 0.2) is 48.5 Å². The Bertz CT molecular complexity index is 806. The minimum atomic E-state index is -0.486. The van der Waals surface area contributed by atoms with Crippen LogP contribution in [0.1, 0.15) is 48.5 Å². The Morgan fingerprint density at radius 3 is 2.82 bits per heavy atom. The number of anilines is 1. The number of likely N-dealkylation sites (tertiary alicyclic amines) is 1. The molecule has 0 aromatic heterocycles. The van der Waals surface area contributed by atoms with Crippen molar-refractivity contribution in [3.8, 4) is 0 Å². The molecule has 2 atom stereocenters. The summed E-state index contributed by atoms with van der Waals surface area (Å²) < 4.78 is 0. The third-order valence-electron chi connectivity index (χ3n) is 6.04. The molecule has 1 unspecified atom stereocenters. The van der Waals surface area contributed by atoms with E-state index in [9.17, 15) is 9.90 Å². The van der Waals surface area contributed by atoms with Gasteiger partial charge >= 0.3 is 0 Å². The number of amides is 1. The Hall–Kier alpha value is -2.17. The number of carbonyl (C=O) groups is 1. The van der Waals surface area contributed by atoms with Gasteiger partial charge in [0.15, 0.2) is 0 Å². The highest BCUT2D eigenvalue weighted by molar-refractivity contribution is 5.92. The van der Waals surface area contributed by atoms with E-state index in [0.717, 1.165) is 49.2 Å². The molecule has 0 saturated carbocycles. The Morgan fingerprint density at radius 2 is 1.96 bits per heavy atom. The number of benzene rings is 2. The molecule has 2 heterocycles. The van der Waals surface area contributed by atoms with Gasteiger partial charge in [0.2, 0.25) is 5.91 Å². The van der Waals surface area contributed by atoms with Gasteiger partial charge in [-0.2, -0.15) is 0 Å². The lowest BCUT2D eigenvalue weighted by Gasteiger charge is -2.34. The number of β-amino-alcohol motifs (C(OH)–C–C–N with tert-alkyl or cyclic N) is 1. The maximum atomic E-state index is 11.7. The zero-order valence-corrected chi connectivity index (χ0v) is 16.4. The minimum Gasteiger partial charge on any atom is -0.387 e. The highest BCUT2D eigenvalue weighted by Crippen LogP contribution is 2.28. The van der Waals surface area contributed by atoms with Crippen molar-refractivity contribution in [2.75, 3.05) is 25.0 Å². The predicted molar refractivity (Wildman–Crippen MR) is 112 cm³/mol. The van der Waals surface area contributed by atoms with E-state index < -0.39 is 6.10 Å². The molecule has 2 N–H and O–H groups in total. The second-order valence-electron chi connectivity index (χ2n) is 8.29. The van der Waals surface area contributed by atoms with E-state index in [4.69, 9.17) is 0 Å². The fraction of sp³-hybridized carbons (Fsp3) is 0.458. The summed E-state index contributed by atoms with van der Waals surface area (Å²) in [5.74, 6) is 0.746. The number of hydrogen-bond acceptors (Lipinski definition) is 3. The van der Waals surface area contributed by atoms with Crippen molar-refractivity contribution >= 4 is 11.6 Å². The molecule has 0 radical (unpaired) electrons. The number of aryl methyl sites for hydroxylation is 1.